The minimum atomic E-state index is -4.57. The van der Waals surface area contributed by atoms with Crippen LogP contribution in [0.4, 0.5) is 17.2 Å². The molecular weight excluding hydrogens is 466 g/mol. The number of aromatic amines is 1. The van der Waals surface area contributed by atoms with E-state index in [2.05, 4.69) is 15.5 Å². The fourth-order valence-corrected chi connectivity index (χ4v) is 5.26. The molecule has 5 rings (SSSR count). The van der Waals surface area contributed by atoms with Crippen molar-refractivity contribution in [3.05, 3.63) is 103 Å². The van der Waals surface area contributed by atoms with Gasteiger partial charge < -0.3 is 4.98 Å². The molecule has 10 heteroatoms. The van der Waals surface area contributed by atoms with E-state index in [0.29, 0.717) is 14.4 Å². The maximum atomic E-state index is 13.5. The average molecular weight is 486 g/mol. The molecule has 4 aromatic rings. The second-order valence-electron chi connectivity index (χ2n) is 7.52. The van der Waals surface area contributed by atoms with Crippen molar-refractivity contribution in [1.82, 2.24) is 4.98 Å². The zero-order chi connectivity index (χ0) is 24.4. The van der Waals surface area contributed by atoms with Crippen LogP contribution in [-0.4, -0.2) is 30.9 Å². The third-order valence-corrected chi connectivity index (χ3v) is 7.00. The topological polar surface area (TPSA) is 115 Å². The van der Waals surface area contributed by atoms with Crippen molar-refractivity contribution in [1.29, 1.82) is 0 Å². The summed E-state index contributed by atoms with van der Waals surface area (Å²) in [5.74, 6) is -1.68. The van der Waals surface area contributed by atoms with Gasteiger partial charge in [0.25, 0.3) is 11.8 Å². The van der Waals surface area contributed by atoms with Gasteiger partial charge in [0, 0.05) is 11.8 Å². The van der Waals surface area contributed by atoms with Gasteiger partial charge in [0.15, 0.2) is 0 Å². The molecule has 0 spiro atoms. The van der Waals surface area contributed by atoms with Gasteiger partial charge in [-0.2, -0.15) is 22.1 Å². The number of amides is 2. The first kappa shape index (κ1) is 22.1. The number of hydrogen-bond donors (Lipinski definition) is 2. The van der Waals surface area contributed by atoms with E-state index in [0.717, 1.165) is 11.1 Å². The molecule has 174 valence electrons. The first-order valence-electron chi connectivity index (χ1n) is 10.6. The fraction of sp³-hybridized carbons (Fsp3) is 0. The molecule has 1 aliphatic rings. The van der Waals surface area contributed by atoms with Crippen molar-refractivity contribution < 1.29 is 18.0 Å². The molecule has 1 saturated heterocycles. The third-order valence-electron chi connectivity index (χ3n) is 5.33. The van der Waals surface area contributed by atoms with Gasteiger partial charge in [-0.3, -0.25) is 15.0 Å². The summed E-state index contributed by atoms with van der Waals surface area (Å²) < 4.78 is 28.1. The van der Waals surface area contributed by atoms with Crippen molar-refractivity contribution in [3.63, 3.8) is 0 Å². The van der Waals surface area contributed by atoms with Crippen LogP contribution in [0.2, 0.25) is 0 Å². The van der Waals surface area contributed by atoms with Gasteiger partial charge in [0.05, 0.1) is 11.4 Å². The number of carbonyl (C=O) groups excluding carboxylic acids is 2. The monoisotopic (exact) mass is 485 g/mol. The number of carbonyl (C=O) groups is 2. The molecule has 0 saturated carbocycles. The molecule has 0 radical (unpaired) electrons. The van der Waals surface area contributed by atoms with Crippen molar-refractivity contribution in [2.45, 2.75) is 0 Å². The Labute approximate surface area is 201 Å². The van der Waals surface area contributed by atoms with Crippen molar-refractivity contribution in [2.75, 3.05) is 14.0 Å². The summed E-state index contributed by atoms with van der Waals surface area (Å²) in [5, 5.41) is 4.08. The minimum absolute atomic E-state index is 0.0866. The van der Waals surface area contributed by atoms with E-state index in [-0.39, 0.29) is 11.4 Å². The summed E-state index contributed by atoms with van der Waals surface area (Å²) in [6.07, 6.45) is 1.69. The van der Waals surface area contributed by atoms with Crippen molar-refractivity contribution >= 4 is 44.9 Å². The number of hydrazone groups is 1. The molecule has 9 nitrogen and oxygen atoms in total. The number of hydrogen-bond acceptors (Lipinski definition) is 6. The van der Waals surface area contributed by atoms with Gasteiger partial charge >= 0.3 is 10.2 Å². The summed E-state index contributed by atoms with van der Waals surface area (Å²) in [4.78, 5) is 29.7. The molecule has 2 amide bonds. The van der Waals surface area contributed by atoms with Crippen LogP contribution in [0, 0.1) is 0 Å². The number of para-hydroxylation sites is 2. The van der Waals surface area contributed by atoms with E-state index >= 15 is 0 Å². The number of anilines is 3. The van der Waals surface area contributed by atoms with Crippen LogP contribution in [0.5, 0.6) is 0 Å². The molecule has 35 heavy (non-hydrogen) atoms. The molecule has 1 aliphatic heterocycles. The van der Waals surface area contributed by atoms with Crippen LogP contribution >= 0.6 is 0 Å². The van der Waals surface area contributed by atoms with Gasteiger partial charge in [-0.25, -0.2) is 0 Å². The molecule has 0 atom stereocenters. The summed E-state index contributed by atoms with van der Waals surface area (Å²) in [6, 6.07) is 26.9. The lowest BCUT2D eigenvalue weighted by atomic mass is 10.1. The number of aromatic nitrogens is 1. The zero-order valence-electron chi connectivity index (χ0n) is 18.2. The van der Waals surface area contributed by atoms with E-state index in [1.807, 2.05) is 36.4 Å². The summed E-state index contributed by atoms with van der Waals surface area (Å²) in [7, 11) is -4.57. The highest BCUT2D eigenvalue weighted by Crippen LogP contribution is 2.30. The van der Waals surface area contributed by atoms with Gasteiger partial charge in [-0.05, 0) is 35.9 Å². The van der Waals surface area contributed by atoms with Gasteiger partial charge in [0.2, 0.25) is 5.71 Å². The van der Waals surface area contributed by atoms with Crippen molar-refractivity contribution in [3.8, 4) is 11.1 Å². The molecule has 2 heterocycles. The largest absolute Gasteiger partial charge is 0.347 e. The van der Waals surface area contributed by atoms with Crippen LogP contribution in [0.3, 0.4) is 0 Å². The Bertz CT molecular complexity index is 1450. The predicted octanol–water partition coefficient (Wildman–Crippen LogP) is 3.77. The van der Waals surface area contributed by atoms with Crippen LogP contribution < -0.4 is 14.0 Å². The summed E-state index contributed by atoms with van der Waals surface area (Å²) in [6.45, 7) is 0. The Morgan fingerprint density at radius 3 is 1.69 bits per heavy atom. The van der Waals surface area contributed by atoms with Gasteiger partial charge in [-0.1, -0.05) is 66.7 Å². The lowest BCUT2D eigenvalue weighted by Crippen LogP contribution is -2.61. The average Bonchev–Trinajstić information content (AvgIpc) is 3.34. The highest BCUT2D eigenvalue weighted by Gasteiger charge is 2.49. The highest BCUT2D eigenvalue weighted by atomic mass is 32.2. The van der Waals surface area contributed by atoms with Crippen LogP contribution in [0.15, 0.2) is 108 Å². The number of nitrogens with zero attached hydrogens (tertiary/aromatic N) is 3. The Balaban J connectivity index is 1.60. The van der Waals surface area contributed by atoms with Crippen molar-refractivity contribution in [2.24, 2.45) is 5.10 Å². The first-order chi connectivity index (χ1) is 17.0. The lowest BCUT2D eigenvalue weighted by molar-refractivity contribution is -0.116. The van der Waals surface area contributed by atoms with Crippen LogP contribution in [0.1, 0.15) is 0 Å². The first-order valence-corrected chi connectivity index (χ1v) is 12.0. The SMILES string of the molecule is O=C1C(=NNc2[nH]ccc2-c2ccccc2)C(=O)N(c2ccccc2)S(=O)(=O)N1c1ccccc1. The van der Waals surface area contributed by atoms with E-state index in [9.17, 15) is 18.0 Å². The van der Waals surface area contributed by atoms with Crippen LogP contribution in [0.25, 0.3) is 11.1 Å². The Morgan fingerprint density at radius 2 is 1.17 bits per heavy atom. The van der Waals surface area contributed by atoms with E-state index in [1.165, 1.54) is 24.3 Å². The predicted molar refractivity (Wildman–Crippen MR) is 134 cm³/mol. The van der Waals surface area contributed by atoms with E-state index in [1.54, 1.807) is 42.6 Å². The van der Waals surface area contributed by atoms with Gasteiger partial charge in [0.1, 0.15) is 5.82 Å². The summed E-state index contributed by atoms with van der Waals surface area (Å²) >= 11 is 0. The molecule has 2 N–H and O–H groups in total. The van der Waals surface area contributed by atoms with E-state index < -0.39 is 27.7 Å². The zero-order valence-corrected chi connectivity index (χ0v) is 19.0. The fourth-order valence-electron chi connectivity index (χ4n) is 3.73. The maximum absolute atomic E-state index is 13.5. The second kappa shape index (κ2) is 8.92. The van der Waals surface area contributed by atoms with Gasteiger partial charge in [-0.15, -0.1) is 0 Å². The second-order valence-corrected chi connectivity index (χ2v) is 9.15. The molecular formula is C25H19N5O4S. The number of rotatable bonds is 5. The molecule has 0 aliphatic carbocycles. The highest BCUT2D eigenvalue weighted by molar-refractivity contribution is 7.96. The smallest absolute Gasteiger partial charge is 0.340 e. The number of H-pyrrole nitrogens is 1. The molecule has 0 bridgehead atoms. The standard InChI is InChI=1S/C25H19N5O4S/c31-24-22(27-28-23-21(16-17-26-23)18-10-4-1-5-11-18)25(32)30(20-14-8-3-9-15-20)35(33,34)29(24)19-12-6-2-7-13-19/h1-17,26,28H. The minimum Gasteiger partial charge on any atom is -0.347 e. The Kier molecular flexibility index (Phi) is 5.63. The number of benzene rings is 3. The molecule has 1 aromatic heterocycles. The quantitative estimate of drug-likeness (QED) is 0.418. The Hall–Kier alpha value is -4.70. The van der Waals surface area contributed by atoms with Crippen LogP contribution in [-0.2, 0) is 19.8 Å². The molecule has 3 aromatic carbocycles. The summed E-state index contributed by atoms with van der Waals surface area (Å²) in [5.41, 5.74) is 3.98. The third kappa shape index (κ3) is 3.96. The van der Waals surface area contributed by atoms with E-state index in [4.69, 9.17) is 0 Å². The lowest BCUT2D eigenvalue weighted by Gasteiger charge is -2.34. The normalized spacial score (nSPS) is 15.3. The molecule has 0 unspecified atom stereocenters. The molecule has 1 fully saturated rings. The number of nitrogens with one attached hydrogen (secondary N) is 2. The maximum Gasteiger partial charge on any atom is 0.340 e. The Morgan fingerprint density at radius 1 is 0.686 bits per heavy atom.